The molecule has 26 heavy (non-hydrogen) atoms. The summed E-state index contributed by atoms with van der Waals surface area (Å²) < 4.78 is 8.68. The van der Waals surface area contributed by atoms with Crippen LogP contribution in [0.4, 0.5) is 5.82 Å². The third kappa shape index (κ3) is 2.65. The first kappa shape index (κ1) is 17.0. The molecular formula is C13H16N8O4S. The molecule has 138 valence electrons. The van der Waals surface area contributed by atoms with Gasteiger partial charge in [0.1, 0.15) is 24.1 Å². The van der Waals surface area contributed by atoms with Crippen molar-refractivity contribution in [2.24, 2.45) is 7.05 Å². The molecule has 3 aromatic rings. The van der Waals surface area contributed by atoms with Crippen molar-refractivity contribution in [1.82, 2.24) is 34.3 Å². The maximum absolute atomic E-state index is 11.4. The van der Waals surface area contributed by atoms with Crippen LogP contribution in [0.5, 0.6) is 0 Å². The Balaban J connectivity index is 1.55. The number of aromatic amines is 1. The van der Waals surface area contributed by atoms with Gasteiger partial charge in [0, 0.05) is 12.8 Å². The smallest absolute Gasteiger partial charge is 0.343 e. The number of fused-ring (bicyclic) bond motifs is 1. The van der Waals surface area contributed by atoms with Crippen molar-refractivity contribution >= 4 is 28.7 Å². The second-order valence-corrected chi connectivity index (χ2v) is 6.80. The highest BCUT2D eigenvalue weighted by atomic mass is 32.2. The lowest BCUT2D eigenvalue weighted by Gasteiger charge is -2.16. The zero-order valence-electron chi connectivity index (χ0n) is 13.6. The van der Waals surface area contributed by atoms with E-state index in [0.717, 1.165) is 0 Å². The number of imidazole rings is 1. The molecule has 0 aliphatic carbocycles. The topological polar surface area (TPSA) is 170 Å². The molecule has 4 rings (SSSR count). The fraction of sp³-hybridized carbons (Fsp3) is 0.462. The molecule has 0 bridgehead atoms. The summed E-state index contributed by atoms with van der Waals surface area (Å²) >= 11 is 1.23. The van der Waals surface area contributed by atoms with E-state index in [4.69, 9.17) is 10.5 Å². The van der Waals surface area contributed by atoms with E-state index in [1.165, 1.54) is 33.6 Å². The van der Waals surface area contributed by atoms with Crippen LogP contribution in [0.3, 0.4) is 0 Å². The fourth-order valence-electron chi connectivity index (χ4n) is 2.77. The molecule has 4 atom stereocenters. The largest absolute Gasteiger partial charge is 0.387 e. The Morgan fingerprint density at radius 2 is 2.15 bits per heavy atom. The van der Waals surface area contributed by atoms with Gasteiger partial charge in [-0.2, -0.15) is 0 Å². The summed E-state index contributed by atoms with van der Waals surface area (Å²) in [5.41, 5.74) is 6.22. The Bertz CT molecular complexity index is 1000. The van der Waals surface area contributed by atoms with Crippen LogP contribution < -0.4 is 11.4 Å². The first-order chi connectivity index (χ1) is 12.5. The number of hydrogen-bond acceptors (Lipinski definition) is 10. The third-order valence-corrected chi connectivity index (χ3v) is 5.33. The molecule has 1 fully saturated rings. The van der Waals surface area contributed by atoms with E-state index >= 15 is 0 Å². The number of anilines is 1. The van der Waals surface area contributed by atoms with Crippen LogP contribution in [-0.2, 0) is 11.8 Å². The number of hydrogen-bond donors (Lipinski definition) is 4. The fourth-order valence-corrected chi connectivity index (χ4v) is 3.75. The van der Waals surface area contributed by atoms with E-state index in [-0.39, 0.29) is 17.3 Å². The number of ether oxygens (including phenoxy) is 1. The standard InChI is InChI=1S/C13H16N8O4S/c1-20-12(24)18-19-13(20)26-2-5-7(22)8(23)11(25-5)21-4-17-6-9(14)15-3-16-10(6)21/h3-5,7-8,11,22-23H,2H2,1H3,(H,18,24)(H2,14,15,16)/t5-,7-,8-,11-/m1/s1. The highest BCUT2D eigenvalue weighted by molar-refractivity contribution is 7.99. The number of nitrogens with zero attached hydrogens (tertiary/aromatic N) is 6. The van der Waals surface area contributed by atoms with Crippen LogP contribution in [-0.4, -0.2) is 68.6 Å². The van der Waals surface area contributed by atoms with E-state index in [9.17, 15) is 15.0 Å². The minimum absolute atomic E-state index is 0.216. The normalized spacial score (nSPS) is 26.0. The predicted molar refractivity (Wildman–Crippen MR) is 90.2 cm³/mol. The van der Waals surface area contributed by atoms with Gasteiger partial charge in [-0.15, -0.1) is 5.10 Å². The molecule has 0 aromatic carbocycles. The van der Waals surface area contributed by atoms with Gasteiger partial charge in [0.2, 0.25) is 0 Å². The molecule has 0 saturated carbocycles. The number of nitrogen functional groups attached to an aromatic ring is 1. The highest BCUT2D eigenvalue weighted by Gasteiger charge is 2.44. The van der Waals surface area contributed by atoms with Gasteiger partial charge in [-0.1, -0.05) is 11.8 Å². The quantitative estimate of drug-likeness (QED) is 0.380. The molecule has 13 heteroatoms. The maximum Gasteiger partial charge on any atom is 0.343 e. The summed E-state index contributed by atoms with van der Waals surface area (Å²) in [6, 6.07) is 0. The van der Waals surface area contributed by atoms with Crippen molar-refractivity contribution in [3.63, 3.8) is 0 Å². The van der Waals surface area contributed by atoms with Crippen LogP contribution in [0.2, 0.25) is 0 Å². The summed E-state index contributed by atoms with van der Waals surface area (Å²) in [6.45, 7) is 0. The number of aliphatic hydroxyl groups excluding tert-OH is 2. The minimum atomic E-state index is -1.18. The van der Waals surface area contributed by atoms with Gasteiger partial charge < -0.3 is 20.7 Å². The summed E-state index contributed by atoms with van der Waals surface area (Å²) in [4.78, 5) is 23.5. The molecule has 0 spiro atoms. The maximum atomic E-state index is 11.4. The minimum Gasteiger partial charge on any atom is -0.387 e. The van der Waals surface area contributed by atoms with Gasteiger partial charge in [0.05, 0.1) is 12.4 Å². The Hall–Kier alpha value is -2.48. The van der Waals surface area contributed by atoms with E-state index in [1.807, 2.05) is 0 Å². The zero-order chi connectivity index (χ0) is 18.4. The SMILES string of the molecule is Cn1c(SC[C@H]2O[C@@H](n3cnc4c(N)ncnc43)[C@H](O)[C@@H]2O)n[nH]c1=O. The monoisotopic (exact) mass is 380 g/mol. The first-order valence-electron chi connectivity index (χ1n) is 7.66. The number of aromatic nitrogens is 7. The molecule has 12 nitrogen and oxygen atoms in total. The summed E-state index contributed by atoms with van der Waals surface area (Å²) in [6.07, 6.45) is -1.14. The first-order valence-corrected chi connectivity index (χ1v) is 8.64. The average molecular weight is 380 g/mol. The second kappa shape index (κ2) is 6.35. The second-order valence-electron chi connectivity index (χ2n) is 5.81. The number of thioether (sulfide) groups is 1. The summed E-state index contributed by atoms with van der Waals surface area (Å²) in [7, 11) is 1.58. The van der Waals surface area contributed by atoms with Gasteiger partial charge in [-0.3, -0.25) is 9.13 Å². The van der Waals surface area contributed by atoms with Gasteiger partial charge in [0.15, 0.2) is 22.8 Å². The molecule has 4 heterocycles. The predicted octanol–water partition coefficient (Wildman–Crippen LogP) is -1.76. The Labute approximate surface area is 150 Å². The number of H-pyrrole nitrogens is 1. The molecule has 3 aromatic heterocycles. The molecule has 0 amide bonds. The van der Waals surface area contributed by atoms with Crippen LogP contribution >= 0.6 is 11.8 Å². The lowest BCUT2D eigenvalue weighted by Crippen LogP contribution is -2.32. The lowest BCUT2D eigenvalue weighted by molar-refractivity contribution is -0.0289. The van der Waals surface area contributed by atoms with Crippen molar-refractivity contribution in [2.45, 2.75) is 29.7 Å². The van der Waals surface area contributed by atoms with Gasteiger partial charge in [-0.25, -0.2) is 24.8 Å². The number of aliphatic hydroxyl groups is 2. The molecule has 5 N–H and O–H groups in total. The molecule has 1 aliphatic heterocycles. The summed E-state index contributed by atoms with van der Waals surface area (Å²) in [5.74, 6) is 0.504. The highest BCUT2D eigenvalue weighted by Crippen LogP contribution is 2.34. The van der Waals surface area contributed by atoms with Crippen LogP contribution in [0.15, 0.2) is 22.6 Å². The van der Waals surface area contributed by atoms with Crippen molar-refractivity contribution in [1.29, 1.82) is 0 Å². The molecule has 0 radical (unpaired) electrons. The molecular weight excluding hydrogens is 364 g/mol. The van der Waals surface area contributed by atoms with E-state index in [2.05, 4.69) is 25.1 Å². The lowest BCUT2D eigenvalue weighted by atomic mass is 10.1. The number of nitrogens with two attached hydrogens (primary N) is 1. The Kier molecular flexibility index (Phi) is 4.14. The number of nitrogens with one attached hydrogen (secondary N) is 1. The molecule has 1 saturated heterocycles. The Morgan fingerprint density at radius 1 is 1.35 bits per heavy atom. The average Bonchev–Trinajstić information content (AvgIpc) is 3.27. The van der Waals surface area contributed by atoms with Crippen molar-refractivity contribution < 1.29 is 14.9 Å². The zero-order valence-corrected chi connectivity index (χ0v) is 14.4. The van der Waals surface area contributed by atoms with Gasteiger partial charge in [-0.05, 0) is 0 Å². The molecule has 0 unspecified atom stereocenters. The molecule has 1 aliphatic rings. The van der Waals surface area contributed by atoms with Gasteiger partial charge >= 0.3 is 5.69 Å². The van der Waals surface area contributed by atoms with Gasteiger partial charge in [0.25, 0.3) is 0 Å². The van der Waals surface area contributed by atoms with Crippen molar-refractivity contribution in [2.75, 3.05) is 11.5 Å². The van der Waals surface area contributed by atoms with Crippen molar-refractivity contribution in [3.8, 4) is 0 Å². The summed E-state index contributed by atoms with van der Waals surface area (Å²) in [5, 5.41) is 27.4. The van der Waals surface area contributed by atoms with Crippen molar-refractivity contribution in [3.05, 3.63) is 23.1 Å². The van der Waals surface area contributed by atoms with E-state index in [1.54, 1.807) is 7.05 Å². The Morgan fingerprint density at radius 3 is 2.88 bits per heavy atom. The third-order valence-electron chi connectivity index (χ3n) is 4.21. The van der Waals surface area contributed by atoms with Crippen LogP contribution in [0.1, 0.15) is 6.23 Å². The van der Waals surface area contributed by atoms with Crippen LogP contribution in [0.25, 0.3) is 11.2 Å². The van der Waals surface area contributed by atoms with E-state index < -0.39 is 24.5 Å². The van der Waals surface area contributed by atoms with Crippen LogP contribution in [0, 0.1) is 0 Å². The van der Waals surface area contributed by atoms with E-state index in [0.29, 0.717) is 16.3 Å². The number of rotatable bonds is 4.